The molecule has 1 saturated heterocycles. The predicted octanol–water partition coefficient (Wildman–Crippen LogP) is 1.49. The summed E-state index contributed by atoms with van der Waals surface area (Å²) >= 11 is 1.96. The molecule has 1 fully saturated rings. The standard InChI is InChI=1S/C9H11IO3/c1-2-7(3-5-10)13-8-4-6-12-9(8)11/h7-8H,2,4,6H2,1H3/t7-,8-/m0/s1. The second-order valence-corrected chi connectivity index (χ2v) is 3.26. The molecule has 0 aromatic carbocycles. The van der Waals surface area contributed by atoms with E-state index in [9.17, 15) is 4.79 Å². The molecule has 0 saturated carbocycles. The summed E-state index contributed by atoms with van der Waals surface area (Å²) in [5, 5.41) is 0. The molecule has 13 heavy (non-hydrogen) atoms. The Bertz CT molecular complexity index is 241. The van der Waals surface area contributed by atoms with Crippen LogP contribution in [0.1, 0.15) is 19.8 Å². The van der Waals surface area contributed by atoms with Crippen molar-refractivity contribution in [3.63, 3.8) is 0 Å². The van der Waals surface area contributed by atoms with Crippen LogP contribution in [0, 0.1) is 9.85 Å². The number of hydrogen-bond acceptors (Lipinski definition) is 3. The molecule has 0 aliphatic carbocycles. The van der Waals surface area contributed by atoms with E-state index in [1.807, 2.05) is 29.5 Å². The molecule has 72 valence electrons. The summed E-state index contributed by atoms with van der Waals surface area (Å²) in [4.78, 5) is 11.0. The van der Waals surface area contributed by atoms with Crippen molar-refractivity contribution < 1.29 is 14.3 Å². The number of cyclic esters (lactones) is 1. The topological polar surface area (TPSA) is 35.5 Å². The minimum atomic E-state index is -0.401. The Kier molecular flexibility index (Phi) is 4.53. The van der Waals surface area contributed by atoms with Gasteiger partial charge in [0.1, 0.15) is 6.10 Å². The van der Waals surface area contributed by atoms with Crippen LogP contribution in [0.4, 0.5) is 0 Å². The van der Waals surface area contributed by atoms with Crippen molar-refractivity contribution in [1.29, 1.82) is 0 Å². The van der Waals surface area contributed by atoms with Crippen LogP contribution >= 0.6 is 22.6 Å². The van der Waals surface area contributed by atoms with E-state index in [0.717, 1.165) is 6.42 Å². The molecule has 0 unspecified atom stereocenters. The van der Waals surface area contributed by atoms with Gasteiger partial charge in [0.05, 0.1) is 6.61 Å². The van der Waals surface area contributed by atoms with E-state index in [0.29, 0.717) is 13.0 Å². The molecule has 2 atom stereocenters. The zero-order valence-electron chi connectivity index (χ0n) is 7.38. The Labute approximate surface area is 91.3 Å². The molecule has 0 amide bonds. The van der Waals surface area contributed by atoms with E-state index in [2.05, 4.69) is 9.85 Å². The first kappa shape index (κ1) is 10.8. The molecule has 0 bridgehead atoms. The van der Waals surface area contributed by atoms with Crippen LogP contribution in [-0.2, 0) is 14.3 Å². The van der Waals surface area contributed by atoms with Crippen LogP contribution in [0.25, 0.3) is 0 Å². The van der Waals surface area contributed by atoms with Gasteiger partial charge in [-0.3, -0.25) is 0 Å². The number of halogens is 1. The fourth-order valence-electron chi connectivity index (χ4n) is 1.09. The summed E-state index contributed by atoms with van der Waals surface area (Å²) < 4.78 is 13.0. The summed E-state index contributed by atoms with van der Waals surface area (Å²) in [6, 6.07) is 0. The number of esters is 1. The largest absolute Gasteiger partial charge is 0.464 e. The van der Waals surface area contributed by atoms with Gasteiger partial charge >= 0.3 is 5.97 Å². The average molecular weight is 294 g/mol. The molecule has 1 aliphatic rings. The molecule has 1 aliphatic heterocycles. The van der Waals surface area contributed by atoms with Gasteiger partial charge in [0.15, 0.2) is 6.10 Å². The molecule has 1 rings (SSSR count). The van der Waals surface area contributed by atoms with Gasteiger partial charge in [-0.1, -0.05) is 12.8 Å². The number of rotatable bonds is 3. The fraction of sp³-hybridized carbons (Fsp3) is 0.667. The van der Waals surface area contributed by atoms with Gasteiger partial charge in [0.25, 0.3) is 0 Å². The summed E-state index contributed by atoms with van der Waals surface area (Å²) in [5.41, 5.74) is 0. The van der Waals surface area contributed by atoms with Gasteiger partial charge in [-0.05, 0) is 10.3 Å². The van der Waals surface area contributed by atoms with Crippen molar-refractivity contribution in [1.82, 2.24) is 0 Å². The lowest BCUT2D eigenvalue weighted by Gasteiger charge is -2.12. The van der Waals surface area contributed by atoms with Crippen molar-refractivity contribution >= 4 is 28.6 Å². The third-order valence-electron chi connectivity index (χ3n) is 1.80. The van der Waals surface area contributed by atoms with Crippen LogP contribution in [0.2, 0.25) is 0 Å². The first-order valence-electron chi connectivity index (χ1n) is 4.21. The normalized spacial score (nSPS) is 23.2. The van der Waals surface area contributed by atoms with Crippen LogP contribution in [0.3, 0.4) is 0 Å². The third kappa shape index (κ3) is 3.16. The van der Waals surface area contributed by atoms with Crippen LogP contribution in [0.15, 0.2) is 0 Å². The van der Waals surface area contributed by atoms with Crippen LogP contribution in [0.5, 0.6) is 0 Å². The number of carbonyl (C=O) groups excluding carboxylic acids is 1. The summed E-state index contributed by atoms with van der Waals surface area (Å²) in [6.07, 6.45) is 0.896. The predicted molar refractivity (Wildman–Crippen MR) is 56.3 cm³/mol. The van der Waals surface area contributed by atoms with E-state index >= 15 is 0 Å². The van der Waals surface area contributed by atoms with Gasteiger partial charge in [0, 0.05) is 29.0 Å². The van der Waals surface area contributed by atoms with Crippen molar-refractivity contribution in [2.75, 3.05) is 6.61 Å². The first-order chi connectivity index (χ1) is 6.27. The van der Waals surface area contributed by atoms with E-state index in [4.69, 9.17) is 9.47 Å². The van der Waals surface area contributed by atoms with Gasteiger partial charge < -0.3 is 9.47 Å². The Hall–Kier alpha value is -0.280. The SMILES string of the molecule is CC[C@@H](C#CI)O[C@H]1CCOC1=O. The summed E-state index contributed by atoms with van der Waals surface area (Å²) in [6.45, 7) is 2.45. The number of carbonyl (C=O) groups is 1. The van der Waals surface area contributed by atoms with Crippen molar-refractivity contribution in [3.05, 3.63) is 0 Å². The van der Waals surface area contributed by atoms with Crippen LogP contribution in [-0.4, -0.2) is 24.8 Å². The molecule has 0 aromatic heterocycles. The number of hydrogen-bond donors (Lipinski definition) is 0. The first-order valence-corrected chi connectivity index (χ1v) is 5.29. The zero-order valence-corrected chi connectivity index (χ0v) is 9.54. The Morgan fingerprint density at radius 2 is 2.62 bits per heavy atom. The molecular weight excluding hydrogens is 283 g/mol. The molecule has 4 heteroatoms. The van der Waals surface area contributed by atoms with Gasteiger partial charge in [0.2, 0.25) is 0 Å². The van der Waals surface area contributed by atoms with Gasteiger partial charge in [-0.2, -0.15) is 0 Å². The molecule has 0 N–H and O–H groups in total. The molecule has 0 aromatic rings. The summed E-state index contributed by atoms with van der Waals surface area (Å²) in [5.74, 6) is 2.63. The highest BCUT2D eigenvalue weighted by atomic mass is 127. The lowest BCUT2D eigenvalue weighted by atomic mass is 10.2. The number of ether oxygens (including phenoxy) is 2. The van der Waals surface area contributed by atoms with E-state index in [1.54, 1.807) is 0 Å². The molecular formula is C9H11IO3. The Balaban J connectivity index is 2.44. The van der Waals surface area contributed by atoms with E-state index < -0.39 is 6.10 Å². The minimum Gasteiger partial charge on any atom is -0.464 e. The van der Waals surface area contributed by atoms with Crippen molar-refractivity contribution in [3.8, 4) is 9.85 Å². The lowest BCUT2D eigenvalue weighted by Crippen LogP contribution is -2.24. The second kappa shape index (κ2) is 5.45. The maximum absolute atomic E-state index is 11.0. The summed E-state index contributed by atoms with van der Waals surface area (Å²) in [7, 11) is 0. The second-order valence-electron chi connectivity index (χ2n) is 2.72. The fourth-order valence-corrected chi connectivity index (χ4v) is 1.44. The molecule has 0 radical (unpaired) electrons. The molecule has 0 spiro atoms. The highest BCUT2D eigenvalue weighted by Gasteiger charge is 2.29. The van der Waals surface area contributed by atoms with E-state index in [-0.39, 0.29) is 12.1 Å². The highest BCUT2D eigenvalue weighted by molar-refractivity contribution is 14.1. The van der Waals surface area contributed by atoms with Gasteiger partial charge in [-0.15, -0.1) is 0 Å². The minimum absolute atomic E-state index is 0.146. The molecule has 1 heterocycles. The highest BCUT2D eigenvalue weighted by Crippen LogP contribution is 2.13. The lowest BCUT2D eigenvalue weighted by molar-refractivity contribution is -0.148. The van der Waals surface area contributed by atoms with E-state index in [1.165, 1.54) is 0 Å². The maximum Gasteiger partial charge on any atom is 0.335 e. The Morgan fingerprint density at radius 1 is 1.85 bits per heavy atom. The maximum atomic E-state index is 11.0. The smallest absolute Gasteiger partial charge is 0.335 e. The van der Waals surface area contributed by atoms with Crippen LogP contribution < -0.4 is 0 Å². The third-order valence-corrected chi connectivity index (χ3v) is 2.11. The molecule has 3 nitrogen and oxygen atoms in total. The average Bonchev–Trinajstić information content (AvgIpc) is 2.51. The van der Waals surface area contributed by atoms with Crippen molar-refractivity contribution in [2.24, 2.45) is 0 Å². The van der Waals surface area contributed by atoms with Gasteiger partial charge in [-0.25, -0.2) is 4.79 Å². The quantitative estimate of drug-likeness (QED) is 0.449. The monoisotopic (exact) mass is 294 g/mol. The Morgan fingerprint density at radius 3 is 3.08 bits per heavy atom. The van der Waals surface area contributed by atoms with Crippen molar-refractivity contribution in [2.45, 2.75) is 32.0 Å². The zero-order chi connectivity index (χ0) is 9.68.